The molecule has 0 fully saturated rings. The minimum Gasteiger partial charge on any atom is -0.313 e. The van der Waals surface area contributed by atoms with Crippen molar-refractivity contribution in [3.8, 4) is 73.2 Å². The van der Waals surface area contributed by atoms with Crippen LogP contribution in [0.3, 0.4) is 0 Å². The van der Waals surface area contributed by atoms with Gasteiger partial charge in [-0.1, -0.05) is 160 Å². The fourth-order valence-electron chi connectivity index (χ4n) is 9.45. The molecule has 0 bridgehead atoms. The predicted molar refractivity (Wildman–Crippen MR) is 243 cm³/mol. The van der Waals surface area contributed by atoms with E-state index in [4.69, 9.17) is 15.0 Å². The van der Waals surface area contributed by atoms with Gasteiger partial charge < -0.3 is 4.57 Å². The molecule has 1 atom stereocenters. The molecule has 0 saturated heterocycles. The minimum absolute atomic E-state index is 0.105. The number of benzene rings is 7. The van der Waals surface area contributed by atoms with Gasteiger partial charge in [0.15, 0.2) is 17.5 Å². The molecule has 4 nitrogen and oxygen atoms in total. The average Bonchev–Trinajstić information content (AvgIpc) is 3.74. The van der Waals surface area contributed by atoms with Crippen molar-refractivity contribution in [2.75, 3.05) is 0 Å². The van der Waals surface area contributed by atoms with Crippen molar-refractivity contribution in [1.82, 2.24) is 19.5 Å². The predicted octanol–water partition coefficient (Wildman–Crippen LogP) is 14.0. The lowest BCUT2D eigenvalue weighted by Gasteiger charge is -2.22. The van der Waals surface area contributed by atoms with Gasteiger partial charge in [0.05, 0.1) is 5.52 Å². The highest BCUT2D eigenvalue weighted by atomic mass is 15.0. The van der Waals surface area contributed by atoms with Gasteiger partial charge in [0.1, 0.15) is 0 Å². The van der Waals surface area contributed by atoms with Crippen molar-refractivity contribution in [1.29, 1.82) is 0 Å². The van der Waals surface area contributed by atoms with Crippen molar-refractivity contribution in [2.45, 2.75) is 38.5 Å². The third-order valence-electron chi connectivity index (χ3n) is 12.4. The van der Waals surface area contributed by atoms with Gasteiger partial charge in [0.2, 0.25) is 0 Å². The van der Waals surface area contributed by atoms with Gasteiger partial charge in [0, 0.05) is 50.4 Å². The first-order valence-corrected chi connectivity index (χ1v) is 20.6. The molecule has 282 valence electrons. The fraction of sp³-hybridized carbons (Fsp3) is 0.109. The van der Waals surface area contributed by atoms with Gasteiger partial charge >= 0.3 is 0 Å². The monoisotopic (exact) mass is 758 g/mol. The summed E-state index contributed by atoms with van der Waals surface area (Å²) in [6.07, 6.45) is 5.68. The molecule has 4 heteroatoms. The molecule has 9 aromatic rings. The molecule has 11 rings (SSSR count). The third kappa shape index (κ3) is 5.86. The zero-order chi connectivity index (χ0) is 39.7. The molecule has 2 aliphatic carbocycles. The largest absolute Gasteiger partial charge is 0.313 e. The van der Waals surface area contributed by atoms with E-state index >= 15 is 0 Å². The molecule has 2 heterocycles. The molecule has 0 saturated carbocycles. The zero-order valence-corrected chi connectivity index (χ0v) is 33.4. The van der Waals surface area contributed by atoms with Crippen molar-refractivity contribution < 1.29 is 0 Å². The molecular formula is C55H42N4. The lowest BCUT2D eigenvalue weighted by atomic mass is 9.82. The van der Waals surface area contributed by atoms with Crippen LogP contribution in [-0.4, -0.2) is 19.5 Å². The van der Waals surface area contributed by atoms with Crippen LogP contribution in [-0.2, 0) is 5.41 Å². The smallest absolute Gasteiger partial charge is 0.164 e. The van der Waals surface area contributed by atoms with Crippen LogP contribution in [0.1, 0.15) is 55.5 Å². The quantitative estimate of drug-likeness (QED) is 0.170. The Bertz CT molecular complexity index is 3050. The molecule has 0 aliphatic heterocycles. The van der Waals surface area contributed by atoms with Crippen LogP contribution in [0.4, 0.5) is 0 Å². The summed E-state index contributed by atoms with van der Waals surface area (Å²) in [5.74, 6) is 2.26. The van der Waals surface area contributed by atoms with Crippen LogP contribution >= 0.6 is 0 Å². The normalized spacial score (nSPS) is 14.9. The summed E-state index contributed by atoms with van der Waals surface area (Å²) in [5, 5.41) is 1.29. The molecule has 1 unspecified atom stereocenters. The third-order valence-corrected chi connectivity index (χ3v) is 12.4. The highest BCUT2D eigenvalue weighted by Gasteiger charge is 2.37. The molecule has 0 spiro atoms. The van der Waals surface area contributed by atoms with Crippen LogP contribution in [0.5, 0.6) is 0 Å². The minimum atomic E-state index is -0.105. The summed E-state index contributed by atoms with van der Waals surface area (Å²) in [6, 6.07) is 60.6. The Kier molecular flexibility index (Phi) is 8.16. The Labute approximate surface area is 345 Å². The summed E-state index contributed by atoms with van der Waals surface area (Å²) in [7, 11) is 0. The number of aromatic nitrogens is 4. The Hall–Kier alpha value is -7.17. The van der Waals surface area contributed by atoms with E-state index < -0.39 is 0 Å². The summed E-state index contributed by atoms with van der Waals surface area (Å²) >= 11 is 0. The summed E-state index contributed by atoms with van der Waals surface area (Å²) in [5.41, 5.74) is 17.7. The molecule has 2 aliphatic rings. The highest BCUT2D eigenvalue weighted by molar-refractivity contribution is 5.99. The van der Waals surface area contributed by atoms with E-state index in [0.717, 1.165) is 51.1 Å². The highest BCUT2D eigenvalue weighted by Crippen LogP contribution is 2.51. The molecule has 2 aromatic heterocycles. The first-order valence-electron chi connectivity index (χ1n) is 20.6. The van der Waals surface area contributed by atoms with Crippen molar-refractivity contribution in [3.63, 3.8) is 0 Å². The van der Waals surface area contributed by atoms with E-state index in [1.807, 2.05) is 18.2 Å². The number of hydrogen-bond acceptors (Lipinski definition) is 3. The van der Waals surface area contributed by atoms with Crippen LogP contribution in [0.15, 0.2) is 176 Å². The van der Waals surface area contributed by atoms with Crippen LogP contribution in [0, 0.1) is 0 Å². The lowest BCUT2D eigenvalue weighted by molar-refractivity contribution is 0.660. The number of fused-ring (bicyclic) bond motifs is 6. The van der Waals surface area contributed by atoms with E-state index in [1.54, 1.807) is 0 Å². The Balaban J connectivity index is 1.11. The van der Waals surface area contributed by atoms with Crippen molar-refractivity contribution in [2.24, 2.45) is 0 Å². The number of rotatable bonds is 6. The number of hydrogen-bond donors (Lipinski definition) is 0. The van der Waals surface area contributed by atoms with E-state index in [1.165, 1.54) is 44.4 Å². The van der Waals surface area contributed by atoms with Gasteiger partial charge in [-0.2, -0.15) is 0 Å². The second-order valence-corrected chi connectivity index (χ2v) is 16.5. The van der Waals surface area contributed by atoms with Crippen molar-refractivity contribution >= 4 is 17.0 Å². The SMILES string of the molecule is CC1CC=Cc2c1n(-c1cccc(-c3nc(-c4ccccc4)nc(-c4cc(-c5ccccc5)cc(-c5ccccc5)c4)n3)c1)c1cc3c(cc21)-c1ccccc1C3(C)C. The average molecular weight is 759 g/mol. The summed E-state index contributed by atoms with van der Waals surface area (Å²) < 4.78 is 2.51. The molecule has 59 heavy (non-hydrogen) atoms. The first-order chi connectivity index (χ1) is 28.9. The Morgan fingerprint density at radius 1 is 0.492 bits per heavy atom. The topological polar surface area (TPSA) is 43.6 Å². The van der Waals surface area contributed by atoms with Gasteiger partial charge in [-0.3, -0.25) is 0 Å². The number of allylic oxidation sites excluding steroid dienone is 1. The summed E-state index contributed by atoms with van der Waals surface area (Å²) in [4.78, 5) is 15.7. The molecule has 7 aromatic carbocycles. The zero-order valence-electron chi connectivity index (χ0n) is 33.4. The van der Waals surface area contributed by atoms with Crippen LogP contribution < -0.4 is 0 Å². The maximum Gasteiger partial charge on any atom is 0.164 e. The Morgan fingerprint density at radius 3 is 1.73 bits per heavy atom. The molecular weight excluding hydrogens is 717 g/mol. The van der Waals surface area contributed by atoms with E-state index in [0.29, 0.717) is 23.4 Å². The van der Waals surface area contributed by atoms with Crippen molar-refractivity contribution in [3.05, 3.63) is 198 Å². The van der Waals surface area contributed by atoms with Crippen LogP contribution in [0.2, 0.25) is 0 Å². The maximum atomic E-state index is 5.30. The Morgan fingerprint density at radius 2 is 1.05 bits per heavy atom. The van der Waals surface area contributed by atoms with E-state index in [2.05, 4.69) is 189 Å². The molecule has 0 radical (unpaired) electrons. The van der Waals surface area contributed by atoms with E-state index in [9.17, 15) is 0 Å². The lowest BCUT2D eigenvalue weighted by Crippen LogP contribution is -2.15. The number of nitrogens with zero attached hydrogens (tertiary/aromatic N) is 4. The maximum absolute atomic E-state index is 5.30. The van der Waals surface area contributed by atoms with Gasteiger partial charge in [-0.15, -0.1) is 0 Å². The van der Waals surface area contributed by atoms with Gasteiger partial charge in [0.25, 0.3) is 0 Å². The molecule has 0 amide bonds. The fourth-order valence-corrected chi connectivity index (χ4v) is 9.45. The first kappa shape index (κ1) is 35.0. The van der Waals surface area contributed by atoms with E-state index in [-0.39, 0.29) is 5.41 Å². The van der Waals surface area contributed by atoms with Crippen LogP contribution in [0.25, 0.3) is 90.2 Å². The summed E-state index contributed by atoms with van der Waals surface area (Å²) in [6.45, 7) is 7.08. The van der Waals surface area contributed by atoms with Gasteiger partial charge in [-0.25, -0.2) is 15.0 Å². The molecule has 0 N–H and O–H groups in total. The standard InChI is InChI=1S/C55H42N4/c1-35-17-15-27-45-47-33-46-44-26-13-14-28-48(44)55(2,3)49(46)34-50(47)59(51(35)45)43-25-16-24-39(32-43)53-56-52(38-22-11-6-12-23-38)57-54(58-53)42-30-40(36-18-7-4-8-19-36)29-41(31-42)37-20-9-5-10-21-37/h4-16,18-35H,17H2,1-3H3. The second-order valence-electron chi connectivity index (χ2n) is 16.5. The van der Waals surface area contributed by atoms with Gasteiger partial charge in [-0.05, 0) is 93.4 Å². The second kappa shape index (κ2) is 13.7.